The molecule has 0 spiro atoms. The number of fused-ring (bicyclic) bond motifs is 1. The average Bonchev–Trinajstić information content (AvgIpc) is 2.75. The Morgan fingerprint density at radius 1 is 1.17 bits per heavy atom. The third kappa shape index (κ3) is 4.54. The number of hydrogen-bond donors (Lipinski definition) is 2. The zero-order chi connectivity index (χ0) is 21.1. The van der Waals surface area contributed by atoms with E-state index in [-0.39, 0.29) is 6.42 Å². The van der Waals surface area contributed by atoms with Gasteiger partial charge in [0, 0.05) is 31.5 Å². The summed E-state index contributed by atoms with van der Waals surface area (Å²) in [7, 11) is 3.91. The van der Waals surface area contributed by atoms with Crippen molar-refractivity contribution < 1.29 is 9.90 Å². The lowest BCUT2D eigenvalue weighted by molar-refractivity contribution is -0.136. The number of carbonyl (C=O) groups is 1. The van der Waals surface area contributed by atoms with Crippen LogP contribution in [0.3, 0.4) is 0 Å². The monoisotopic (exact) mass is 421 g/mol. The lowest BCUT2D eigenvalue weighted by Gasteiger charge is -2.19. The molecule has 0 amide bonds. The van der Waals surface area contributed by atoms with Crippen LogP contribution >= 0.6 is 11.8 Å². The molecule has 3 heterocycles. The fourth-order valence-corrected chi connectivity index (χ4v) is 4.29. The number of nitrogens with zero attached hydrogens (tertiary/aromatic N) is 4. The van der Waals surface area contributed by atoms with Gasteiger partial charge in [-0.3, -0.25) is 4.79 Å². The Bertz CT molecular complexity index is 1050. The minimum absolute atomic E-state index is 0.0130. The van der Waals surface area contributed by atoms with E-state index >= 15 is 0 Å². The van der Waals surface area contributed by atoms with Gasteiger partial charge in [-0.2, -0.15) is 0 Å². The summed E-state index contributed by atoms with van der Waals surface area (Å²) >= 11 is 1.77. The second-order valence-corrected chi connectivity index (χ2v) is 8.42. The van der Waals surface area contributed by atoms with E-state index in [4.69, 9.17) is 15.1 Å². The number of benzene rings is 1. The van der Waals surface area contributed by atoms with Crippen LogP contribution in [-0.4, -0.2) is 45.9 Å². The van der Waals surface area contributed by atoms with Crippen LogP contribution in [0.5, 0.6) is 0 Å². The molecule has 0 fully saturated rings. The van der Waals surface area contributed by atoms with Crippen LogP contribution in [0.4, 0.5) is 17.3 Å². The summed E-state index contributed by atoms with van der Waals surface area (Å²) in [6.45, 7) is 0. The fourth-order valence-electron chi connectivity index (χ4n) is 3.25. The van der Waals surface area contributed by atoms with E-state index in [1.165, 1.54) is 0 Å². The number of aromatic nitrogens is 3. The molecule has 8 heteroatoms. The highest BCUT2D eigenvalue weighted by atomic mass is 32.2. The molecule has 7 nitrogen and oxygen atoms in total. The van der Waals surface area contributed by atoms with Crippen molar-refractivity contribution in [3.05, 3.63) is 53.9 Å². The number of anilines is 3. The summed E-state index contributed by atoms with van der Waals surface area (Å²) in [6, 6.07) is 11.4. The van der Waals surface area contributed by atoms with E-state index < -0.39 is 5.97 Å². The standard InChI is InChI=1S/C22H23N5O2S/c1-27(2)18-10-7-15(13-23-18)21-25-17-4-3-11-30-20(17)22(26-21)24-16-8-5-14(6-9-16)12-19(28)29/h5-10,13H,3-4,11-12H2,1-2H3,(H,28,29)(H,24,25,26). The second-order valence-electron chi connectivity index (χ2n) is 7.32. The Labute approximate surface area is 179 Å². The van der Waals surface area contributed by atoms with Crippen molar-refractivity contribution in [3.63, 3.8) is 0 Å². The van der Waals surface area contributed by atoms with Crippen LogP contribution in [0, 0.1) is 0 Å². The molecule has 0 bridgehead atoms. The van der Waals surface area contributed by atoms with Crippen LogP contribution in [-0.2, 0) is 17.6 Å². The maximum Gasteiger partial charge on any atom is 0.307 e. The summed E-state index contributed by atoms with van der Waals surface area (Å²) in [6.07, 6.45) is 3.83. The van der Waals surface area contributed by atoms with Crippen molar-refractivity contribution in [1.29, 1.82) is 0 Å². The van der Waals surface area contributed by atoms with E-state index in [2.05, 4.69) is 10.3 Å². The lowest BCUT2D eigenvalue weighted by atomic mass is 10.1. The molecule has 0 aliphatic carbocycles. The van der Waals surface area contributed by atoms with Crippen molar-refractivity contribution in [2.24, 2.45) is 0 Å². The van der Waals surface area contributed by atoms with Gasteiger partial charge in [0.05, 0.1) is 17.0 Å². The predicted molar refractivity (Wildman–Crippen MR) is 120 cm³/mol. The highest BCUT2D eigenvalue weighted by molar-refractivity contribution is 7.99. The smallest absolute Gasteiger partial charge is 0.307 e. The van der Waals surface area contributed by atoms with Crippen molar-refractivity contribution in [2.75, 3.05) is 30.1 Å². The highest BCUT2D eigenvalue weighted by Crippen LogP contribution is 2.37. The molecule has 2 N–H and O–H groups in total. The Hall–Kier alpha value is -3.13. The number of rotatable bonds is 6. The van der Waals surface area contributed by atoms with Crippen LogP contribution in [0.2, 0.25) is 0 Å². The fraction of sp³-hybridized carbons (Fsp3) is 0.273. The number of nitrogens with one attached hydrogen (secondary N) is 1. The van der Waals surface area contributed by atoms with Gasteiger partial charge in [-0.15, -0.1) is 11.8 Å². The maximum atomic E-state index is 10.9. The molecule has 1 aliphatic rings. The number of pyridine rings is 1. The number of aliphatic carboxylic acids is 1. The zero-order valence-corrected chi connectivity index (χ0v) is 17.7. The SMILES string of the molecule is CN(C)c1ccc(-c2nc3c(c(Nc4ccc(CC(=O)O)cc4)n2)SCCC3)cn1. The first-order chi connectivity index (χ1) is 14.5. The average molecular weight is 422 g/mol. The summed E-state index contributed by atoms with van der Waals surface area (Å²) in [5.74, 6) is 2.52. The molecule has 154 valence electrons. The maximum absolute atomic E-state index is 10.9. The van der Waals surface area contributed by atoms with E-state index in [9.17, 15) is 4.79 Å². The molecule has 0 radical (unpaired) electrons. The lowest BCUT2D eigenvalue weighted by Crippen LogP contribution is -2.11. The van der Waals surface area contributed by atoms with Gasteiger partial charge in [0.1, 0.15) is 11.6 Å². The van der Waals surface area contributed by atoms with Crippen LogP contribution in [0.15, 0.2) is 47.5 Å². The molecule has 0 saturated carbocycles. The molecule has 0 saturated heterocycles. The molecule has 30 heavy (non-hydrogen) atoms. The normalized spacial score (nSPS) is 12.9. The van der Waals surface area contributed by atoms with E-state index in [1.54, 1.807) is 18.0 Å². The summed E-state index contributed by atoms with van der Waals surface area (Å²) in [5, 5.41) is 12.4. The molecule has 1 aliphatic heterocycles. The van der Waals surface area contributed by atoms with Gasteiger partial charge >= 0.3 is 5.97 Å². The van der Waals surface area contributed by atoms with Crippen molar-refractivity contribution in [2.45, 2.75) is 24.2 Å². The highest BCUT2D eigenvalue weighted by Gasteiger charge is 2.19. The second kappa shape index (κ2) is 8.71. The number of aryl methyl sites for hydroxylation is 1. The van der Waals surface area contributed by atoms with E-state index in [0.29, 0.717) is 5.82 Å². The van der Waals surface area contributed by atoms with E-state index in [0.717, 1.165) is 57.6 Å². The zero-order valence-electron chi connectivity index (χ0n) is 16.9. The number of hydrogen-bond acceptors (Lipinski definition) is 7. The number of thioether (sulfide) groups is 1. The third-order valence-electron chi connectivity index (χ3n) is 4.78. The van der Waals surface area contributed by atoms with Gasteiger partial charge in [0.2, 0.25) is 0 Å². The topological polar surface area (TPSA) is 91.2 Å². The van der Waals surface area contributed by atoms with Crippen molar-refractivity contribution >= 4 is 35.1 Å². The summed E-state index contributed by atoms with van der Waals surface area (Å²) in [5.41, 5.74) is 3.56. The van der Waals surface area contributed by atoms with Gasteiger partial charge in [-0.25, -0.2) is 15.0 Å². The molecule has 0 unspecified atom stereocenters. The van der Waals surface area contributed by atoms with E-state index in [1.807, 2.05) is 55.4 Å². The van der Waals surface area contributed by atoms with Gasteiger partial charge in [-0.05, 0) is 48.4 Å². The molecule has 1 aromatic carbocycles. The molecule has 0 atom stereocenters. The van der Waals surface area contributed by atoms with Gasteiger partial charge < -0.3 is 15.3 Å². The molecular weight excluding hydrogens is 398 g/mol. The minimum atomic E-state index is -0.837. The Balaban J connectivity index is 1.66. The third-order valence-corrected chi connectivity index (χ3v) is 5.99. The Kier molecular flexibility index (Phi) is 5.85. The summed E-state index contributed by atoms with van der Waals surface area (Å²) < 4.78 is 0. The van der Waals surface area contributed by atoms with Crippen LogP contribution in [0.1, 0.15) is 17.7 Å². The molecule has 4 rings (SSSR count). The van der Waals surface area contributed by atoms with Gasteiger partial charge in [-0.1, -0.05) is 12.1 Å². The largest absolute Gasteiger partial charge is 0.481 e. The summed E-state index contributed by atoms with van der Waals surface area (Å²) in [4.78, 5) is 28.0. The first-order valence-electron chi connectivity index (χ1n) is 9.75. The predicted octanol–water partition coefficient (Wildman–Crippen LogP) is 4.01. The van der Waals surface area contributed by atoms with Crippen molar-refractivity contribution in [3.8, 4) is 11.4 Å². The van der Waals surface area contributed by atoms with Crippen LogP contribution < -0.4 is 10.2 Å². The first kappa shape index (κ1) is 20.2. The van der Waals surface area contributed by atoms with Gasteiger partial charge in [0.25, 0.3) is 0 Å². The minimum Gasteiger partial charge on any atom is -0.481 e. The number of carboxylic acid groups (broad SMARTS) is 1. The van der Waals surface area contributed by atoms with Crippen molar-refractivity contribution in [1.82, 2.24) is 15.0 Å². The first-order valence-corrected chi connectivity index (χ1v) is 10.7. The molecular formula is C22H23N5O2S. The number of carboxylic acids is 1. The Morgan fingerprint density at radius 2 is 1.97 bits per heavy atom. The molecule has 3 aromatic rings. The molecule has 2 aromatic heterocycles. The quantitative estimate of drug-likeness (QED) is 0.617. The van der Waals surface area contributed by atoms with Gasteiger partial charge in [0.15, 0.2) is 5.82 Å². The van der Waals surface area contributed by atoms with Crippen LogP contribution in [0.25, 0.3) is 11.4 Å². The Morgan fingerprint density at radius 3 is 2.63 bits per heavy atom.